The third-order valence-corrected chi connectivity index (χ3v) is 5.66. The Morgan fingerprint density at radius 2 is 1.85 bits per heavy atom. The lowest BCUT2D eigenvalue weighted by Crippen LogP contribution is -2.60. The molecule has 1 heterocycles. The molecule has 2 fully saturated rings. The number of amides is 3. The Morgan fingerprint density at radius 3 is 2.31 bits per heavy atom. The summed E-state index contributed by atoms with van der Waals surface area (Å²) in [7, 11) is 2.67. The molecule has 0 aromatic heterocycles. The van der Waals surface area contributed by atoms with Crippen molar-refractivity contribution in [3.05, 3.63) is 0 Å². The predicted octanol–water partition coefficient (Wildman–Crippen LogP) is 0.297. The molecule has 0 aromatic carbocycles. The fraction of sp³-hybridized carbons (Fsp3) is 0.812. The largest absolute Gasteiger partial charge is 0.471 e. The summed E-state index contributed by atoms with van der Waals surface area (Å²) in [4.78, 5) is 37.8. The van der Waals surface area contributed by atoms with E-state index < -0.39 is 36.2 Å². The topological polar surface area (TPSA) is 87.7 Å². The van der Waals surface area contributed by atoms with E-state index in [0.717, 1.165) is 0 Å². The van der Waals surface area contributed by atoms with E-state index in [1.165, 1.54) is 26.0 Å². The number of rotatable bonds is 5. The first-order chi connectivity index (χ1) is 11.9. The zero-order chi connectivity index (χ0) is 20.0. The Labute approximate surface area is 149 Å². The maximum absolute atomic E-state index is 12.9. The van der Waals surface area contributed by atoms with E-state index in [9.17, 15) is 27.6 Å². The summed E-state index contributed by atoms with van der Waals surface area (Å²) >= 11 is 0. The highest BCUT2D eigenvalue weighted by Gasteiger charge is 2.69. The molecule has 5 atom stereocenters. The first-order valence-electron chi connectivity index (χ1n) is 8.30. The molecule has 0 unspecified atom stereocenters. The van der Waals surface area contributed by atoms with Crippen molar-refractivity contribution in [2.45, 2.75) is 45.1 Å². The number of carbonyl (C=O) groups is 3. The molecule has 1 aliphatic heterocycles. The minimum atomic E-state index is -5.12. The number of hydrogen-bond acceptors (Lipinski definition) is 4. The number of carbonyl (C=O) groups excluding carboxylic acids is 3. The van der Waals surface area contributed by atoms with Crippen LogP contribution in [0.1, 0.15) is 20.8 Å². The Morgan fingerprint density at radius 1 is 1.27 bits per heavy atom. The number of piperidine rings is 1. The first kappa shape index (κ1) is 20.5. The molecular weight excluding hydrogens is 355 g/mol. The van der Waals surface area contributed by atoms with Crippen LogP contribution in [0, 0.1) is 17.3 Å². The van der Waals surface area contributed by atoms with Gasteiger partial charge in [-0.2, -0.15) is 13.2 Å². The van der Waals surface area contributed by atoms with Gasteiger partial charge in [0.2, 0.25) is 11.8 Å². The van der Waals surface area contributed by atoms with Gasteiger partial charge in [0.25, 0.3) is 0 Å². The van der Waals surface area contributed by atoms with E-state index in [2.05, 4.69) is 5.32 Å². The van der Waals surface area contributed by atoms with Gasteiger partial charge < -0.3 is 20.3 Å². The van der Waals surface area contributed by atoms with Gasteiger partial charge >= 0.3 is 12.1 Å². The second-order valence-corrected chi connectivity index (χ2v) is 7.39. The molecule has 0 spiro atoms. The molecule has 7 nitrogen and oxygen atoms in total. The Balaban J connectivity index is 2.25. The average Bonchev–Trinajstić information content (AvgIpc) is 2.92. The smallest absolute Gasteiger partial charge is 0.379 e. The third-order valence-electron chi connectivity index (χ3n) is 5.66. The lowest BCUT2D eigenvalue weighted by Gasteiger charge is -2.34. The summed E-state index contributed by atoms with van der Waals surface area (Å²) in [6.45, 7) is 5.61. The summed E-state index contributed by atoms with van der Waals surface area (Å²) in [6, 6.07) is -2.32. The fourth-order valence-corrected chi connectivity index (χ4v) is 3.88. The maximum Gasteiger partial charge on any atom is 0.471 e. The van der Waals surface area contributed by atoms with Gasteiger partial charge in [-0.15, -0.1) is 0 Å². The lowest BCUT2D eigenvalue weighted by atomic mass is 9.99. The van der Waals surface area contributed by atoms with Crippen LogP contribution in [0.4, 0.5) is 13.2 Å². The minimum Gasteiger partial charge on any atom is -0.379 e. The summed E-state index contributed by atoms with van der Waals surface area (Å²) in [5.74, 6) is -3.33. The number of nitrogens with zero attached hydrogens (tertiary/aromatic N) is 1. The van der Waals surface area contributed by atoms with Gasteiger partial charge in [0.15, 0.2) is 0 Å². The van der Waals surface area contributed by atoms with Crippen molar-refractivity contribution in [1.82, 2.24) is 15.5 Å². The quantitative estimate of drug-likeness (QED) is 0.719. The Hall–Kier alpha value is -1.84. The molecule has 0 aromatic rings. The molecule has 2 rings (SSSR count). The van der Waals surface area contributed by atoms with Crippen LogP contribution in [0.2, 0.25) is 0 Å². The highest BCUT2D eigenvalue weighted by molar-refractivity contribution is 5.94. The maximum atomic E-state index is 12.9. The molecule has 148 valence electrons. The van der Waals surface area contributed by atoms with E-state index >= 15 is 0 Å². The van der Waals surface area contributed by atoms with Gasteiger partial charge in [0, 0.05) is 20.7 Å². The molecule has 1 saturated carbocycles. The van der Waals surface area contributed by atoms with Crippen LogP contribution in [0.15, 0.2) is 0 Å². The molecule has 0 bridgehead atoms. The van der Waals surface area contributed by atoms with Crippen molar-refractivity contribution < 1.29 is 32.3 Å². The number of fused-ring (bicyclic) bond motifs is 1. The molecule has 3 amide bonds. The van der Waals surface area contributed by atoms with Crippen LogP contribution in [0.5, 0.6) is 0 Å². The molecule has 0 radical (unpaired) electrons. The number of ether oxygens (including phenoxy) is 1. The summed E-state index contributed by atoms with van der Waals surface area (Å²) in [5, 5.41) is 4.20. The van der Waals surface area contributed by atoms with Gasteiger partial charge in [-0.25, -0.2) is 0 Å². The highest BCUT2D eigenvalue weighted by atomic mass is 19.4. The van der Waals surface area contributed by atoms with Crippen molar-refractivity contribution in [3.8, 4) is 0 Å². The van der Waals surface area contributed by atoms with Crippen molar-refractivity contribution in [2.24, 2.45) is 17.3 Å². The summed E-state index contributed by atoms with van der Waals surface area (Å²) in [5.41, 5.74) is -0.120. The van der Waals surface area contributed by atoms with Crippen molar-refractivity contribution >= 4 is 17.7 Å². The van der Waals surface area contributed by atoms with E-state index in [1.54, 1.807) is 5.32 Å². The number of methoxy groups -OCH3 is 1. The Bertz CT molecular complexity index is 604. The first-order valence-corrected chi connectivity index (χ1v) is 8.30. The van der Waals surface area contributed by atoms with Crippen LogP contribution in [0.3, 0.4) is 0 Å². The summed E-state index contributed by atoms with van der Waals surface area (Å²) in [6.07, 6.45) is -6.12. The second-order valence-electron chi connectivity index (χ2n) is 7.39. The van der Waals surface area contributed by atoms with E-state index in [-0.39, 0.29) is 29.7 Å². The van der Waals surface area contributed by atoms with Crippen LogP contribution in [-0.2, 0) is 19.1 Å². The standard InChI is InChI=1S/C16H24F3N3O4/c1-7(26-5)10(21-14(25)16(17,18)19)13(24)22-6-8-9(15(8,2)3)11(22)12(23)20-4/h7-11H,6H2,1-5H3,(H,20,23)(H,21,25)/t7-,8+,9+,10+,11+/m1/s1. The third kappa shape index (κ3) is 3.38. The molecule has 1 saturated heterocycles. The van der Waals surface area contributed by atoms with Gasteiger partial charge in [-0.05, 0) is 24.2 Å². The Kier molecular flexibility index (Phi) is 5.29. The molecule has 10 heteroatoms. The second kappa shape index (κ2) is 6.71. The van der Waals surface area contributed by atoms with Gasteiger partial charge in [-0.1, -0.05) is 13.8 Å². The van der Waals surface area contributed by atoms with E-state index in [0.29, 0.717) is 0 Å². The average molecular weight is 379 g/mol. The number of nitrogens with one attached hydrogen (secondary N) is 2. The van der Waals surface area contributed by atoms with Gasteiger partial charge in [0.05, 0.1) is 6.10 Å². The summed E-state index contributed by atoms with van der Waals surface area (Å²) < 4.78 is 42.8. The SMILES string of the molecule is CNC(=O)[C@@H]1[C@@H]2[C@H](CN1C(=O)[C@@H](NC(=O)C(F)(F)F)[C@@H](C)OC)C2(C)C. The van der Waals surface area contributed by atoms with E-state index in [4.69, 9.17) is 4.74 Å². The molecule has 2 aliphatic rings. The number of likely N-dealkylation sites (tertiary alicyclic amines) is 1. The van der Waals surface area contributed by atoms with Crippen LogP contribution >= 0.6 is 0 Å². The normalized spacial score (nSPS) is 28.8. The predicted molar refractivity (Wildman–Crippen MR) is 84.8 cm³/mol. The van der Waals surface area contributed by atoms with Crippen LogP contribution in [0.25, 0.3) is 0 Å². The molecule has 2 N–H and O–H groups in total. The monoisotopic (exact) mass is 379 g/mol. The molecule has 26 heavy (non-hydrogen) atoms. The van der Waals surface area contributed by atoms with Crippen molar-refractivity contribution in [3.63, 3.8) is 0 Å². The zero-order valence-electron chi connectivity index (χ0n) is 15.3. The van der Waals surface area contributed by atoms with Crippen molar-refractivity contribution in [1.29, 1.82) is 0 Å². The molecule has 1 aliphatic carbocycles. The van der Waals surface area contributed by atoms with Crippen molar-refractivity contribution in [2.75, 3.05) is 20.7 Å². The number of halogens is 3. The lowest BCUT2D eigenvalue weighted by molar-refractivity contribution is -0.176. The fourth-order valence-electron chi connectivity index (χ4n) is 3.88. The van der Waals surface area contributed by atoms with Gasteiger partial charge in [0.1, 0.15) is 12.1 Å². The number of alkyl halides is 3. The van der Waals surface area contributed by atoms with Gasteiger partial charge in [-0.3, -0.25) is 14.4 Å². The van der Waals surface area contributed by atoms with Crippen LogP contribution < -0.4 is 10.6 Å². The highest BCUT2D eigenvalue weighted by Crippen LogP contribution is 2.64. The van der Waals surface area contributed by atoms with Crippen LogP contribution in [-0.4, -0.2) is 67.7 Å². The minimum absolute atomic E-state index is 0.0665. The zero-order valence-corrected chi connectivity index (χ0v) is 15.3. The number of likely N-dealkylation sites (N-methyl/N-ethyl adjacent to an activating group) is 1. The number of hydrogen-bond donors (Lipinski definition) is 2. The van der Waals surface area contributed by atoms with E-state index in [1.807, 2.05) is 13.8 Å². The molecular formula is C16H24F3N3O4.